The van der Waals surface area contributed by atoms with Crippen molar-refractivity contribution in [3.05, 3.63) is 10.6 Å². The van der Waals surface area contributed by atoms with Gasteiger partial charge in [-0.15, -0.1) is 0 Å². The topological polar surface area (TPSA) is 53.4 Å². The van der Waals surface area contributed by atoms with Gasteiger partial charge in [0, 0.05) is 19.0 Å². The molecule has 0 aromatic carbocycles. The molecule has 0 aliphatic heterocycles. The van der Waals surface area contributed by atoms with E-state index in [1.807, 2.05) is 7.05 Å². The average molecular weight is 238 g/mol. The van der Waals surface area contributed by atoms with Crippen molar-refractivity contribution >= 4 is 22.4 Å². The van der Waals surface area contributed by atoms with Crippen molar-refractivity contribution in [1.29, 1.82) is 0 Å². The molecule has 1 heterocycles. The maximum atomic E-state index is 11.1. The molecule has 2 aliphatic rings. The van der Waals surface area contributed by atoms with Crippen molar-refractivity contribution in [3.63, 3.8) is 0 Å². The minimum atomic E-state index is -0.824. The van der Waals surface area contributed by atoms with Gasteiger partial charge in [-0.05, 0) is 25.7 Å². The number of carbonyl (C=O) groups is 1. The molecule has 3 rings (SSSR count). The van der Waals surface area contributed by atoms with Gasteiger partial charge in [0.05, 0.1) is 5.69 Å². The van der Waals surface area contributed by atoms with Crippen molar-refractivity contribution in [2.75, 3.05) is 11.9 Å². The van der Waals surface area contributed by atoms with Crippen molar-refractivity contribution in [3.8, 4) is 0 Å². The number of aromatic nitrogens is 1. The summed E-state index contributed by atoms with van der Waals surface area (Å²) in [5.74, 6) is -0.418. The smallest absolute Gasteiger partial charge is 0.347 e. The van der Waals surface area contributed by atoms with Gasteiger partial charge in [-0.25, -0.2) is 9.78 Å². The van der Waals surface area contributed by atoms with E-state index < -0.39 is 5.97 Å². The van der Waals surface area contributed by atoms with Gasteiger partial charge in [-0.3, -0.25) is 0 Å². The minimum Gasteiger partial charge on any atom is -0.477 e. The molecule has 1 aromatic heterocycles. The van der Waals surface area contributed by atoms with Gasteiger partial charge in [0.2, 0.25) is 0 Å². The molecule has 16 heavy (non-hydrogen) atoms. The second kappa shape index (κ2) is 3.45. The molecule has 2 saturated carbocycles. The van der Waals surface area contributed by atoms with Crippen molar-refractivity contribution < 1.29 is 9.90 Å². The Hall–Kier alpha value is -1.10. The lowest BCUT2D eigenvalue weighted by molar-refractivity contribution is 0.0700. The maximum absolute atomic E-state index is 11.1. The number of hydrogen-bond acceptors (Lipinski definition) is 4. The number of carboxylic acid groups (broad SMARTS) is 1. The van der Waals surface area contributed by atoms with Crippen LogP contribution in [-0.4, -0.2) is 29.1 Å². The molecule has 0 atom stereocenters. The molecule has 86 valence electrons. The standard InChI is InChI=1S/C11H14N2O2S/c1-13(7-4-5-7)11-12-8(6-2-3-6)9(16-11)10(14)15/h6-7H,2-5H2,1H3,(H,14,15). The molecular weight excluding hydrogens is 224 g/mol. The summed E-state index contributed by atoms with van der Waals surface area (Å²) in [6.45, 7) is 0. The SMILES string of the molecule is CN(c1nc(C2CC2)c(C(=O)O)s1)C1CC1. The van der Waals surface area contributed by atoms with Crippen LogP contribution in [0.2, 0.25) is 0 Å². The number of anilines is 1. The molecule has 0 spiro atoms. The highest BCUT2D eigenvalue weighted by atomic mass is 32.1. The van der Waals surface area contributed by atoms with E-state index in [1.54, 1.807) is 0 Å². The van der Waals surface area contributed by atoms with Gasteiger partial charge in [0.25, 0.3) is 0 Å². The highest BCUT2D eigenvalue weighted by Crippen LogP contribution is 2.45. The van der Waals surface area contributed by atoms with Crippen molar-refractivity contribution in [2.24, 2.45) is 0 Å². The Bertz CT molecular complexity index is 435. The molecule has 0 bridgehead atoms. The monoisotopic (exact) mass is 238 g/mol. The third kappa shape index (κ3) is 1.69. The second-order valence-corrected chi connectivity index (χ2v) is 5.61. The number of hydrogen-bond donors (Lipinski definition) is 1. The molecule has 2 aliphatic carbocycles. The molecule has 4 nitrogen and oxygen atoms in total. The zero-order valence-electron chi connectivity index (χ0n) is 9.14. The maximum Gasteiger partial charge on any atom is 0.347 e. The fraction of sp³-hybridized carbons (Fsp3) is 0.636. The normalized spacial score (nSPS) is 19.8. The van der Waals surface area contributed by atoms with E-state index in [0.717, 1.165) is 23.7 Å². The van der Waals surface area contributed by atoms with Crippen LogP contribution in [0, 0.1) is 0 Å². The number of rotatable bonds is 4. The van der Waals surface area contributed by atoms with Crippen molar-refractivity contribution in [2.45, 2.75) is 37.6 Å². The third-order valence-electron chi connectivity index (χ3n) is 3.20. The molecule has 1 aromatic rings. The summed E-state index contributed by atoms with van der Waals surface area (Å²) in [6, 6.07) is 0.583. The molecule has 5 heteroatoms. The largest absolute Gasteiger partial charge is 0.477 e. The van der Waals surface area contributed by atoms with Crippen LogP contribution in [0.15, 0.2) is 0 Å². The zero-order valence-corrected chi connectivity index (χ0v) is 9.96. The van der Waals surface area contributed by atoms with Crippen LogP contribution in [-0.2, 0) is 0 Å². The van der Waals surface area contributed by atoms with E-state index in [1.165, 1.54) is 24.2 Å². The Morgan fingerprint density at radius 1 is 1.44 bits per heavy atom. The van der Waals surface area contributed by atoms with Gasteiger partial charge < -0.3 is 10.0 Å². The summed E-state index contributed by atoms with van der Waals surface area (Å²) in [5, 5.41) is 10.0. The average Bonchev–Trinajstić information content (AvgIpc) is 3.13. The molecule has 0 unspecified atom stereocenters. The summed E-state index contributed by atoms with van der Waals surface area (Å²) in [4.78, 5) is 18.2. The van der Waals surface area contributed by atoms with E-state index in [4.69, 9.17) is 5.11 Å². The number of nitrogens with zero attached hydrogens (tertiary/aromatic N) is 2. The first-order valence-electron chi connectivity index (χ1n) is 5.63. The lowest BCUT2D eigenvalue weighted by Crippen LogP contribution is -2.18. The minimum absolute atomic E-state index is 0.406. The van der Waals surface area contributed by atoms with Crippen LogP contribution in [0.3, 0.4) is 0 Å². The van der Waals surface area contributed by atoms with Crippen LogP contribution in [0.4, 0.5) is 5.13 Å². The summed E-state index contributed by atoms with van der Waals surface area (Å²) >= 11 is 1.33. The van der Waals surface area contributed by atoms with Gasteiger partial charge in [0.15, 0.2) is 5.13 Å². The molecule has 1 N–H and O–H groups in total. The highest BCUT2D eigenvalue weighted by molar-refractivity contribution is 7.17. The first-order chi connectivity index (χ1) is 7.66. The van der Waals surface area contributed by atoms with Crippen molar-refractivity contribution in [1.82, 2.24) is 4.98 Å². The molecule has 0 amide bonds. The summed E-state index contributed by atoms with van der Waals surface area (Å²) in [5.41, 5.74) is 0.819. The Balaban J connectivity index is 1.93. The predicted molar refractivity (Wildman–Crippen MR) is 62.5 cm³/mol. The predicted octanol–water partition coefficient (Wildman–Crippen LogP) is 2.32. The second-order valence-electron chi connectivity index (χ2n) is 4.63. The Morgan fingerprint density at radius 2 is 2.12 bits per heavy atom. The van der Waals surface area contributed by atoms with Crippen LogP contribution >= 0.6 is 11.3 Å². The van der Waals surface area contributed by atoms with Crippen LogP contribution in [0.25, 0.3) is 0 Å². The van der Waals surface area contributed by atoms with Crippen LogP contribution in [0.5, 0.6) is 0 Å². The van der Waals surface area contributed by atoms with Gasteiger partial charge in [0.1, 0.15) is 4.88 Å². The van der Waals surface area contributed by atoms with E-state index in [0.29, 0.717) is 16.8 Å². The third-order valence-corrected chi connectivity index (χ3v) is 4.35. The number of carboxylic acids is 1. The Morgan fingerprint density at radius 3 is 2.62 bits per heavy atom. The fourth-order valence-electron chi connectivity index (χ4n) is 1.88. The van der Waals surface area contributed by atoms with E-state index in [2.05, 4.69) is 9.88 Å². The first-order valence-corrected chi connectivity index (χ1v) is 6.45. The summed E-state index contributed by atoms with van der Waals surface area (Å²) < 4.78 is 0. The first kappa shape index (κ1) is 10.1. The Labute approximate surface area is 97.9 Å². The lowest BCUT2D eigenvalue weighted by Gasteiger charge is -2.13. The molecule has 0 saturated heterocycles. The van der Waals surface area contributed by atoms with Crippen LogP contribution in [0.1, 0.15) is 47.0 Å². The number of thiazole rings is 1. The molecule has 0 radical (unpaired) electrons. The lowest BCUT2D eigenvalue weighted by atomic mass is 10.2. The van der Waals surface area contributed by atoms with Gasteiger partial charge in [-0.2, -0.15) is 0 Å². The molecular formula is C11H14N2O2S. The summed E-state index contributed by atoms with van der Waals surface area (Å²) in [6.07, 6.45) is 4.60. The van der Waals surface area contributed by atoms with Gasteiger partial charge in [-0.1, -0.05) is 11.3 Å². The quantitative estimate of drug-likeness (QED) is 0.874. The summed E-state index contributed by atoms with van der Waals surface area (Å²) in [7, 11) is 2.01. The van der Waals surface area contributed by atoms with E-state index >= 15 is 0 Å². The number of aromatic carboxylic acids is 1. The van der Waals surface area contributed by atoms with Gasteiger partial charge >= 0.3 is 5.97 Å². The van der Waals surface area contributed by atoms with E-state index in [-0.39, 0.29) is 0 Å². The van der Waals surface area contributed by atoms with Crippen LogP contribution < -0.4 is 4.90 Å². The fourth-order valence-corrected chi connectivity index (χ4v) is 2.90. The van der Waals surface area contributed by atoms with E-state index in [9.17, 15) is 4.79 Å². The Kier molecular flexibility index (Phi) is 2.17. The molecule has 2 fully saturated rings. The zero-order chi connectivity index (χ0) is 11.3. The highest BCUT2D eigenvalue weighted by Gasteiger charge is 2.34.